The van der Waals surface area contributed by atoms with Gasteiger partial charge in [-0.15, -0.1) is 11.3 Å². The Balaban J connectivity index is 1.23. The summed E-state index contributed by atoms with van der Waals surface area (Å²) in [6, 6.07) is 0.0222. The lowest BCUT2D eigenvalue weighted by Gasteiger charge is -2.31. The number of hydrogen-bond donors (Lipinski definition) is 2. The molecule has 1 atom stereocenters. The summed E-state index contributed by atoms with van der Waals surface area (Å²) in [5, 5.41) is 5.86. The highest BCUT2D eigenvalue weighted by atomic mass is 32.1. The molecule has 2 saturated heterocycles. The maximum absolute atomic E-state index is 12.9. The number of piperidine rings is 2. The number of carbonyl (C=O) groups is 3. The van der Waals surface area contributed by atoms with Crippen molar-refractivity contribution in [2.75, 3.05) is 32.7 Å². The molecule has 8 nitrogen and oxygen atoms in total. The molecular formula is C24H35N5O3S. The maximum atomic E-state index is 12.9. The van der Waals surface area contributed by atoms with E-state index in [0.717, 1.165) is 37.1 Å². The summed E-state index contributed by atoms with van der Waals surface area (Å²) in [7, 11) is 0. The minimum absolute atomic E-state index is 0.0222. The molecule has 0 spiro atoms. The van der Waals surface area contributed by atoms with Crippen molar-refractivity contribution in [3.05, 3.63) is 27.7 Å². The first kappa shape index (κ1) is 23.7. The lowest BCUT2D eigenvalue weighted by Crippen LogP contribution is -2.44. The minimum atomic E-state index is -0.340. The first-order chi connectivity index (χ1) is 16.0. The normalized spacial score (nSPS) is 22.1. The summed E-state index contributed by atoms with van der Waals surface area (Å²) in [4.78, 5) is 45.1. The van der Waals surface area contributed by atoms with E-state index in [1.807, 2.05) is 10.3 Å². The highest BCUT2D eigenvalue weighted by Crippen LogP contribution is 2.31. The molecule has 0 radical (unpaired) electrons. The molecule has 9 heteroatoms. The van der Waals surface area contributed by atoms with Crippen molar-refractivity contribution in [2.24, 2.45) is 11.7 Å². The molecule has 3 N–H and O–H groups in total. The Bertz CT molecular complexity index is 890. The molecule has 3 heterocycles. The number of aromatic nitrogens is 1. The zero-order valence-electron chi connectivity index (χ0n) is 19.3. The van der Waals surface area contributed by atoms with Crippen molar-refractivity contribution in [3.63, 3.8) is 0 Å². The first-order valence-electron chi connectivity index (χ1n) is 12.3. The van der Waals surface area contributed by atoms with Gasteiger partial charge in [0.1, 0.15) is 5.69 Å². The molecule has 3 aliphatic rings. The third kappa shape index (κ3) is 6.13. The lowest BCUT2D eigenvalue weighted by atomic mass is 9.97. The number of carbonyl (C=O) groups excluding carboxylic acids is 3. The number of primary amides is 1. The first-order valence-corrected chi connectivity index (χ1v) is 13.1. The van der Waals surface area contributed by atoms with Crippen molar-refractivity contribution in [1.29, 1.82) is 0 Å². The summed E-state index contributed by atoms with van der Waals surface area (Å²) in [6.45, 7) is 3.13. The Morgan fingerprint density at radius 3 is 2.64 bits per heavy atom. The number of thiazole rings is 1. The number of amides is 4. The van der Waals surface area contributed by atoms with Gasteiger partial charge in [0.05, 0.1) is 10.9 Å². The second-order valence-electron chi connectivity index (χ2n) is 9.42. The fraction of sp³-hybridized carbons (Fsp3) is 0.667. The molecule has 2 aliphatic heterocycles. The van der Waals surface area contributed by atoms with Crippen LogP contribution in [-0.4, -0.2) is 65.4 Å². The monoisotopic (exact) mass is 473 g/mol. The van der Waals surface area contributed by atoms with Gasteiger partial charge >= 0.3 is 6.03 Å². The van der Waals surface area contributed by atoms with Gasteiger partial charge in [-0.25, -0.2) is 9.78 Å². The van der Waals surface area contributed by atoms with Crippen LogP contribution >= 0.6 is 11.3 Å². The van der Waals surface area contributed by atoms with Crippen LogP contribution in [0.4, 0.5) is 4.79 Å². The van der Waals surface area contributed by atoms with Gasteiger partial charge in [0, 0.05) is 44.0 Å². The van der Waals surface area contributed by atoms with Gasteiger partial charge in [0.25, 0.3) is 5.91 Å². The van der Waals surface area contributed by atoms with Crippen LogP contribution in [0.25, 0.3) is 0 Å². The SMILES string of the molecule is NC(=O)C1CCCN(C(=O)c2csc(C3CCN(C(=O)NCCC4=CCCCC4)CC3)n2)C1. The predicted octanol–water partition coefficient (Wildman–Crippen LogP) is 3.26. The second-order valence-corrected chi connectivity index (χ2v) is 10.3. The van der Waals surface area contributed by atoms with E-state index in [-0.39, 0.29) is 29.7 Å². The van der Waals surface area contributed by atoms with Gasteiger partial charge in [-0.2, -0.15) is 0 Å². The van der Waals surface area contributed by atoms with E-state index >= 15 is 0 Å². The van der Waals surface area contributed by atoms with E-state index in [9.17, 15) is 14.4 Å². The highest BCUT2D eigenvalue weighted by molar-refractivity contribution is 7.09. The topological polar surface area (TPSA) is 109 Å². The molecule has 4 amide bonds. The summed E-state index contributed by atoms with van der Waals surface area (Å²) in [5.41, 5.74) is 7.37. The standard InChI is InChI=1S/C24H35N5O3S/c25-21(30)19-7-4-12-29(15-19)23(31)20-16-33-22(27-20)18-9-13-28(14-10-18)24(32)26-11-8-17-5-2-1-3-6-17/h5,16,18-19H,1-4,6-15H2,(H2,25,30)(H,26,32). The van der Waals surface area contributed by atoms with Gasteiger partial charge in [-0.1, -0.05) is 11.6 Å². The molecule has 0 aromatic carbocycles. The summed E-state index contributed by atoms with van der Waals surface area (Å²) in [5.74, 6) is -0.454. The van der Waals surface area contributed by atoms with Crippen molar-refractivity contribution in [2.45, 2.75) is 63.7 Å². The Hall–Kier alpha value is -2.42. The summed E-state index contributed by atoms with van der Waals surface area (Å²) >= 11 is 1.52. The number of hydrogen-bond acceptors (Lipinski definition) is 5. The van der Waals surface area contributed by atoms with Gasteiger partial charge in [-0.05, 0) is 57.8 Å². The summed E-state index contributed by atoms with van der Waals surface area (Å²) < 4.78 is 0. The maximum Gasteiger partial charge on any atom is 0.317 e. The van der Waals surface area contributed by atoms with Crippen LogP contribution < -0.4 is 11.1 Å². The van der Waals surface area contributed by atoms with Crippen LogP contribution in [0.15, 0.2) is 17.0 Å². The van der Waals surface area contributed by atoms with Crippen LogP contribution in [0.2, 0.25) is 0 Å². The van der Waals surface area contributed by atoms with Gasteiger partial charge in [0.2, 0.25) is 5.91 Å². The van der Waals surface area contributed by atoms with Gasteiger partial charge in [-0.3, -0.25) is 9.59 Å². The van der Waals surface area contributed by atoms with Crippen LogP contribution in [0.5, 0.6) is 0 Å². The lowest BCUT2D eigenvalue weighted by molar-refractivity contribution is -0.123. The van der Waals surface area contributed by atoms with Crippen molar-refractivity contribution < 1.29 is 14.4 Å². The Morgan fingerprint density at radius 1 is 1.09 bits per heavy atom. The molecular weight excluding hydrogens is 438 g/mol. The smallest absolute Gasteiger partial charge is 0.317 e. The van der Waals surface area contributed by atoms with Crippen LogP contribution in [0, 0.1) is 5.92 Å². The Morgan fingerprint density at radius 2 is 1.91 bits per heavy atom. The molecule has 1 unspecified atom stereocenters. The third-order valence-electron chi connectivity index (χ3n) is 7.09. The van der Waals surface area contributed by atoms with E-state index < -0.39 is 0 Å². The van der Waals surface area contributed by atoms with Crippen LogP contribution in [-0.2, 0) is 4.79 Å². The van der Waals surface area contributed by atoms with E-state index in [4.69, 9.17) is 5.73 Å². The quantitative estimate of drug-likeness (QED) is 0.618. The summed E-state index contributed by atoms with van der Waals surface area (Å²) in [6.07, 6.45) is 11.4. The average Bonchev–Trinajstić information content (AvgIpc) is 3.35. The number of rotatable bonds is 6. The molecule has 2 fully saturated rings. The number of likely N-dealkylation sites (tertiary alicyclic amines) is 2. The van der Waals surface area contributed by atoms with Crippen LogP contribution in [0.3, 0.4) is 0 Å². The van der Waals surface area contributed by atoms with E-state index in [1.54, 1.807) is 4.90 Å². The molecule has 1 aromatic heterocycles. The average molecular weight is 474 g/mol. The number of nitrogens with zero attached hydrogens (tertiary/aromatic N) is 3. The number of allylic oxidation sites excluding steroid dienone is 1. The molecule has 33 heavy (non-hydrogen) atoms. The van der Waals surface area contributed by atoms with Gasteiger partial charge in [0.15, 0.2) is 0 Å². The van der Waals surface area contributed by atoms with E-state index in [0.29, 0.717) is 38.4 Å². The Kier molecular flexibility index (Phi) is 8.01. The van der Waals surface area contributed by atoms with E-state index in [2.05, 4.69) is 16.4 Å². The number of nitrogens with two attached hydrogens (primary N) is 1. The molecule has 180 valence electrons. The Labute approximate surface area is 199 Å². The van der Waals surface area contributed by atoms with Crippen molar-refractivity contribution in [3.8, 4) is 0 Å². The van der Waals surface area contributed by atoms with E-state index in [1.165, 1.54) is 42.6 Å². The second kappa shape index (κ2) is 11.1. The molecule has 0 bridgehead atoms. The number of urea groups is 1. The fourth-order valence-electron chi connectivity index (χ4n) is 5.03. The molecule has 1 aromatic rings. The zero-order valence-corrected chi connectivity index (χ0v) is 20.1. The van der Waals surface area contributed by atoms with Crippen LogP contribution in [0.1, 0.15) is 79.2 Å². The predicted molar refractivity (Wildman–Crippen MR) is 128 cm³/mol. The zero-order chi connectivity index (χ0) is 23.2. The molecule has 4 rings (SSSR count). The largest absolute Gasteiger partial charge is 0.369 e. The van der Waals surface area contributed by atoms with Crippen molar-refractivity contribution >= 4 is 29.2 Å². The number of nitrogens with one attached hydrogen (secondary N) is 1. The third-order valence-corrected chi connectivity index (χ3v) is 8.10. The van der Waals surface area contributed by atoms with Gasteiger partial charge < -0.3 is 20.9 Å². The minimum Gasteiger partial charge on any atom is -0.369 e. The highest BCUT2D eigenvalue weighted by Gasteiger charge is 2.30. The molecule has 0 saturated carbocycles. The van der Waals surface area contributed by atoms with Crippen molar-refractivity contribution in [1.82, 2.24) is 20.1 Å². The molecule has 1 aliphatic carbocycles. The fourth-order valence-corrected chi connectivity index (χ4v) is 6.00.